The van der Waals surface area contributed by atoms with E-state index in [9.17, 15) is 9.18 Å². The molecule has 4 nitrogen and oxygen atoms in total. The molecule has 5 heteroatoms. The zero-order valence-corrected chi connectivity index (χ0v) is 9.84. The van der Waals surface area contributed by atoms with Gasteiger partial charge in [0.15, 0.2) is 0 Å². The maximum atomic E-state index is 13.4. The monoisotopic (exact) mass is 237 g/mol. The standard InChI is InChI=1S/C12H16FN3O/c1-15-6-11(14-7-15)12(17)16-9-2-3-10(16)5-8(13)4-9/h6-10H,2-5H2,1H3. The lowest BCUT2D eigenvalue weighted by atomic mass is 10.0. The molecular weight excluding hydrogens is 221 g/mol. The first-order valence-electron chi connectivity index (χ1n) is 6.10. The molecule has 3 heterocycles. The molecule has 0 aliphatic carbocycles. The number of halogens is 1. The number of carbonyl (C=O) groups is 1. The van der Waals surface area contributed by atoms with E-state index in [-0.39, 0.29) is 18.0 Å². The molecule has 2 bridgehead atoms. The van der Waals surface area contributed by atoms with Gasteiger partial charge in [0.25, 0.3) is 5.91 Å². The number of imidazole rings is 1. The molecule has 2 fully saturated rings. The number of amides is 1. The van der Waals surface area contributed by atoms with Crippen molar-refractivity contribution in [2.75, 3.05) is 0 Å². The van der Waals surface area contributed by atoms with Crippen molar-refractivity contribution in [3.05, 3.63) is 18.2 Å². The number of nitrogens with zero attached hydrogens (tertiary/aromatic N) is 3. The minimum Gasteiger partial charge on any atom is -0.340 e. The van der Waals surface area contributed by atoms with E-state index in [4.69, 9.17) is 0 Å². The highest BCUT2D eigenvalue weighted by Gasteiger charge is 2.43. The van der Waals surface area contributed by atoms with Gasteiger partial charge in [-0.25, -0.2) is 9.37 Å². The number of alkyl halides is 1. The minimum atomic E-state index is -0.736. The van der Waals surface area contributed by atoms with E-state index < -0.39 is 6.17 Å². The fraction of sp³-hybridized carbons (Fsp3) is 0.667. The number of rotatable bonds is 1. The molecule has 0 spiro atoms. The van der Waals surface area contributed by atoms with E-state index in [1.54, 1.807) is 17.1 Å². The summed E-state index contributed by atoms with van der Waals surface area (Å²) in [4.78, 5) is 18.3. The Hall–Kier alpha value is -1.39. The summed E-state index contributed by atoms with van der Waals surface area (Å²) < 4.78 is 15.2. The summed E-state index contributed by atoms with van der Waals surface area (Å²) >= 11 is 0. The topological polar surface area (TPSA) is 38.1 Å². The SMILES string of the molecule is Cn1cnc(C(=O)N2C3CCC2CC(F)C3)c1. The summed E-state index contributed by atoms with van der Waals surface area (Å²) in [6.07, 6.45) is 5.47. The summed E-state index contributed by atoms with van der Waals surface area (Å²) in [6, 6.07) is 0.163. The zero-order valence-electron chi connectivity index (χ0n) is 9.84. The van der Waals surface area contributed by atoms with Crippen molar-refractivity contribution < 1.29 is 9.18 Å². The van der Waals surface area contributed by atoms with Gasteiger partial charge in [0.2, 0.25) is 0 Å². The summed E-state index contributed by atoms with van der Waals surface area (Å²) in [7, 11) is 1.84. The second kappa shape index (κ2) is 3.82. The number of aryl methyl sites for hydroxylation is 1. The Bertz CT molecular complexity index is 431. The number of hydrogen-bond acceptors (Lipinski definition) is 2. The first-order chi connectivity index (χ1) is 8.15. The van der Waals surface area contributed by atoms with E-state index in [1.807, 2.05) is 11.9 Å². The quantitative estimate of drug-likeness (QED) is 0.742. The summed E-state index contributed by atoms with van der Waals surface area (Å²) in [6.45, 7) is 0. The molecule has 2 saturated heterocycles. The van der Waals surface area contributed by atoms with Gasteiger partial charge < -0.3 is 9.47 Å². The lowest BCUT2D eigenvalue weighted by molar-refractivity contribution is 0.0473. The van der Waals surface area contributed by atoms with Crippen LogP contribution in [0.4, 0.5) is 4.39 Å². The molecule has 0 aromatic carbocycles. The Balaban J connectivity index is 1.83. The highest BCUT2D eigenvalue weighted by molar-refractivity contribution is 5.92. The normalized spacial score (nSPS) is 31.9. The molecule has 1 amide bonds. The van der Waals surface area contributed by atoms with Gasteiger partial charge in [0, 0.05) is 25.3 Å². The predicted octanol–water partition coefficient (Wildman–Crippen LogP) is 1.53. The van der Waals surface area contributed by atoms with Crippen LogP contribution in [0.15, 0.2) is 12.5 Å². The first kappa shape index (κ1) is 10.7. The van der Waals surface area contributed by atoms with Crippen LogP contribution in [0.2, 0.25) is 0 Å². The number of piperidine rings is 1. The third kappa shape index (κ3) is 1.73. The summed E-state index contributed by atoms with van der Waals surface area (Å²) in [5.74, 6) is -0.0370. The van der Waals surface area contributed by atoms with Crippen LogP contribution in [0, 0.1) is 0 Å². The average molecular weight is 237 g/mol. The van der Waals surface area contributed by atoms with Crippen molar-refractivity contribution in [1.29, 1.82) is 0 Å². The van der Waals surface area contributed by atoms with E-state index in [2.05, 4.69) is 4.98 Å². The van der Waals surface area contributed by atoms with Gasteiger partial charge in [0.1, 0.15) is 11.9 Å². The largest absolute Gasteiger partial charge is 0.340 e. The fourth-order valence-electron chi connectivity index (χ4n) is 3.10. The summed E-state index contributed by atoms with van der Waals surface area (Å²) in [5.41, 5.74) is 0.474. The van der Waals surface area contributed by atoms with E-state index in [1.165, 1.54) is 0 Å². The molecule has 1 aromatic heterocycles. The van der Waals surface area contributed by atoms with Crippen LogP contribution < -0.4 is 0 Å². The van der Waals surface area contributed by atoms with Gasteiger partial charge in [-0.05, 0) is 25.7 Å². The van der Waals surface area contributed by atoms with Gasteiger partial charge in [-0.3, -0.25) is 4.79 Å². The third-order valence-electron chi connectivity index (χ3n) is 3.83. The average Bonchev–Trinajstić information content (AvgIpc) is 2.81. The second-order valence-corrected chi connectivity index (χ2v) is 5.09. The van der Waals surface area contributed by atoms with Crippen LogP contribution in [-0.4, -0.2) is 38.6 Å². The van der Waals surface area contributed by atoms with Crippen LogP contribution in [0.5, 0.6) is 0 Å². The molecule has 0 N–H and O–H groups in total. The van der Waals surface area contributed by atoms with Crippen molar-refractivity contribution in [3.63, 3.8) is 0 Å². The van der Waals surface area contributed by atoms with Crippen molar-refractivity contribution in [1.82, 2.24) is 14.5 Å². The number of carbonyl (C=O) groups excluding carboxylic acids is 1. The zero-order chi connectivity index (χ0) is 12.0. The lowest BCUT2D eigenvalue weighted by Gasteiger charge is -2.35. The Morgan fingerprint density at radius 2 is 2.06 bits per heavy atom. The van der Waals surface area contributed by atoms with Crippen LogP contribution in [-0.2, 0) is 7.05 Å². The van der Waals surface area contributed by atoms with E-state index in [0.29, 0.717) is 18.5 Å². The van der Waals surface area contributed by atoms with E-state index >= 15 is 0 Å². The molecule has 0 radical (unpaired) electrons. The molecule has 92 valence electrons. The van der Waals surface area contributed by atoms with Crippen LogP contribution in [0.25, 0.3) is 0 Å². The van der Waals surface area contributed by atoms with Crippen molar-refractivity contribution in [2.24, 2.45) is 7.05 Å². The lowest BCUT2D eigenvalue weighted by Crippen LogP contribution is -2.47. The van der Waals surface area contributed by atoms with Crippen LogP contribution in [0.3, 0.4) is 0 Å². The maximum Gasteiger partial charge on any atom is 0.274 e. The molecule has 17 heavy (non-hydrogen) atoms. The number of fused-ring (bicyclic) bond motifs is 2. The molecule has 0 saturated carbocycles. The number of hydrogen-bond donors (Lipinski definition) is 0. The van der Waals surface area contributed by atoms with Crippen LogP contribution in [0.1, 0.15) is 36.2 Å². The number of aromatic nitrogens is 2. The molecular formula is C12H16FN3O. The highest BCUT2D eigenvalue weighted by Crippen LogP contribution is 2.37. The van der Waals surface area contributed by atoms with Crippen LogP contribution >= 0.6 is 0 Å². The van der Waals surface area contributed by atoms with Crippen molar-refractivity contribution in [2.45, 2.75) is 43.9 Å². The Morgan fingerprint density at radius 3 is 2.59 bits per heavy atom. The first-order valence-corrected chi connectivity index (χ1v) is 6.10. The highest BCUT2D eigenvalue weighted by atomic mass is 19.1. The molecule has 1 aromatic rings. The molecule has 2 atom stereocenters. The fourth-order valence-corrected chi connectivity index (χ4v) is 3.10. The minimum absolute atomic E-state index is 0.0370. The predicted molar refractivity (Wildman–Crippen MR) is 60.3 cm³/mol. The van der Waals surface area contributed by atoms with Gasteiger partial charge in [0.05, 0.1) is 6.33 Å². The molecule has 3 rings (SSSR count). The smallest absolute Gasteiger partial charge is 0.274 e. The Kier molecular flexibility index (Phi) is 2.42. The second-order valence-electron chi connectivity index (χ2n) is 5.09. The van der Waals surface area contributed by atoms with Gasteiger partial charge in [-0.15, -0.1) is 0 Å². The molecule has 2 unspecified atom stereocenters. The molecule has 2 aliphatic rings. The van der Waals surface area contributed by atoms with Gasteiger partial charge in [-0.1, -0.05) is 0 Å². The van der Waals surface area contributed by atoms with Gasteiger partial charge >= 0.3 is 0 Å². The van der Waals surface area contributed by atoms with Crippen molar-refractivity contribution >= 4 is 5.91 Å². The van der Waals surface area contributed by atoms with Crippen molar-refractivity contribution in [3.8, 4) is 0 Å². The third-order valence-corrected chi connectivity index (χ3v) is 3.83. The van der Waals surface area contributed by atoms with E-state index in [0.717, 1.165) is 12.8 Å². The Labute approximate surface area is 99.4 Å². The molecule has 2 aliphatic heterocycles. The summed E-state index contributed by atoms with van der Waals surface area (Å²) in [5, 5.41) is 0. The maximum absolute atomic E-state index is 13.4. The Morgan fingerprint density at radius 1 is 1.41 bits per heavy atom. The van der Waals surface area contributed by atoms with Gasteiger partial charge in [-0.2, -0.15) is 0 Å².